The van der Waals surface area contributed by atoms with Gasteiger partial charge in [0.25, 0.3) is 0 Å². The van der Waals surface area contributed by atoms with Crippen molar-refractivity contribution in [2.45, 2.75) is 0 Å². The summed E-state index contributed by atoms with van der Waals surface area (Å²) >= 11 is 0. The van der Waals surface area contributed by atoms with E-state index in [0.717, 1.165) is 17.6 Å². The molecule has 18 heavy (non-hydrogen) atoms. The first-order valence-electron chi connectivity index (χ1n) is 5.33. The zero-order valence-corrected chi connectivity index (χ0v) is 9.27. The fourth-order valence-electron chi connectivity index (χ4n) is 1.86. The quantitative estimate of drug-likeness (QED) is 0.716. The fraction of sp³-hybridized carbons (Fsp3) is 0. The molecule has 0 aliphatic rings. The predicted molar refractivity (Wildman–Crippen MR) is 65.0 cm³/mol. The third-order valence-electron chi connectivity index (χ3n) is 2.73. The molecule has 2 N–H and O–H groups in total. The summed E-state index contributed by atoms with van der Waals surface area (Å²) in [6.45, 7) is 0. The van der Waals surface area contributed by atoms with E-state index in [1.54, 1.807) is 22.9 Å². The van der Waals surface area contributed by atoms with Crippen LogP contribution in [0.2, 0.25) is 0 Å². The molecule has 0 saturated heterocycles. The first-order valence-corrected chi connectivity index (χ1v) is 5.33. The van der Waals surface area contributed by atoms with Gasteiger partial charge in [-0.05, 0) is 30.3 Å². The lowest BCUT2D eigenvalue weighted by Gasteiger charge is -2.03. The summed E-state index contributed by atoms with van der Waals surface area (Å²) in [6.07, 6.45) is 3.34. The van der Waals surface area contributed by atoms with Crippen molar-refractivity contribution in [3.8, 4) is 11.4 Å². The number of imidazole rings is 1. The van der Waals surface area contributed by atoms with Crippen LogP contribution in [0, 0.1) is 11.6 Å². The van der Waals surface area contributed by atoms with Crippen LogP contribution in [0.15, 0.2) is 42.7 Å². The zero-order chi connectivity index (χ0) is 12.7. The lowest BCUT2D eigenvalue weighted by molar-refractivity contribution is 0.509. The molecule has 3 nitrogen and oxygen atoms in total. The Kier molecular flexibility index (Phi) is 2.26. The lowest BCUT2D eigenvalue weighted by Crippen LogP contribution is -1.94. The maximum absolute atomic E-state index is 13.2. The fourth-order valence-corrected chi connectivity index (χ4v) is 1.86. The van der Waals surface area contributed by atoms with Crippen LogP contribution in [0.1, 0.15) is 0 Å². The topological polar surface area (TPSA) is 43.3 Å². The van der Waals surface area contributed by atoms with Crippen LogP contribution in [0.25, 0.3) is 16.9 Å². The van der Waals surface area contributed by atoms with Gasteiger partial charge < -0.3 is 5.73 Å². The van der Waals surface area contributed by atoms with Gasteiger partial charge in [0, 0.05) is 17.4 Å². The normalized spacial score (nSPS) is 11.0. The van der Waals surface area contributed by atoms with Gasteiger partial charge in [0.15, 0.2) is 11.6 Å². The molecule has 0 atom stereocenters. The number of nitrogens with two attached hydrogens (primary N) is 1. The van der Waals surface area contributed by atoms with Crippen molar-refractivity contribution >= 4 is 11.2 Å². The average molecular weight is 245 g/mol. The smallest absolute Gasteiger partial charge is 0.159 e. The molecule has 5 heteroatoms. The molecular weight excluding hydrogens is 236 g/mol. The highest BCUT2D eigenvalue weighted by molar-refractivity contribution is 5.64. The van der Waals surface area contributed by atoms with E-state index in [0.29, 0.717) is 17.1 Å². The van der Waals surface area contributed by atoms with Crippen LogP contribution in [0.3, 0.4) is 0 Å². The van der Waals surface area contributed by atoms with Crippen molar-refractivity contribution in [1.29, 1.82) is 0 Å². The molecule has 0 aliphatic carbocycles. The van der Waals surface area contributed by atoms with E-state index >= 15 is 0 Å². The number of hydrogen-bond donors (Lipinski definition) is 1. The second-order valence-corrected chi connectivity index (χ2v) is 3.97. The standard InChI is InChI=1S/C13H9F2N3/c14-11-4-1-8(5-12(11)15)13-17-6-10-3-2-9(16)7-18(10)13/h1-7H,16H2. The molecule has 0 spiro atoms. The van der Waals surface area contributed by atoms with Crippen molar-refractivity contribution < 1.29 is 8.78 Å². The molecule has 0 radical (unpaired) electrons. The first-order chi connectivity index (χ1) is 8.65. The Morgan fingerprint density at radius 3 is 2.67 bits per heavy atom. The van der Waals surface area contributed by atoms with Gasteiger partial charge in [0.2, 0.25) is 0 Å². The Morgan fingerprint density at radius 2 is 1.89 bits per heavy atom. The van der Waals surface area contributed by atoms with Gasteiger partial charge >= 0.3 is 0 Å². The molecule has 0 unspecified atom stereocenters. The molecule has 3 rings (SSSR count). The van der Waals surface area contributed by atoms with E-state index in [-0.39, 0.29) is 0 Å². The Hall–Kier alpha value is -2.43. The number of nitrogen functional groups attached to an aromatic ring is 1. The Balaban J connectivity index is 2.24. The maximum atomic E-state index is 13.2. The second kappa shape index (κ2) is 3.80. The van der Waals surface area contributed by atoms with Gasteiger partial charge in [-0.1, -0.05) is 0 Å². The Morgan fingerprint density at radius 1 is 1.06 bits per heavy atom. The largest absolute Gasteiger partial charge is 0.398 e. The number of hydrogen-bond acceptors (Lipinski definition) is 2. The van der Waals surface area contributed by atoms with Crippen LogP contribution in [0.4, 0.5) is 14.5 Å². The Labute approximate surface area is 101 Å². The summed E-state index contributed by atoms with van der Waals surface area (Å²) in [5, 5.41) is 0. The van der Waals surface area contributed by atoms with Crippen molar-refractivity contribution in [2.24, 2.45) is 0 Å². The molecule has 0 fully saturated rings. The molecule has 0 aliphatic heterocycles. The van der Waals surface area contributed by atoms with Gasteiger partial charge in [0.05, 0.1) is 11.7 Å². The minimum Gasteiger partial charge on any atom is -0.398 e. The highest BCUT2D eigenvalue weighted by Crippen LogP contribution is 2.22. The highest BCUT2D eigenvalue weighted by atomic mass is 19.2. The predicted octanol–water partition coefficient (Wildman–Crippen LogP) is 2.86. The van der Waals surface area contributed by atoms with Crippen molar-refractivity contribution in [1.82, 2.24) is 9.38 Å². The van der Waals surface area contributed by atoms with E-state index in [1.165, 1.54) is 6.07 Å². The number of aromatic nitrogens is 2. The van der Waals surface area contributed by atoms with Crippen LogP contribution >= 0.6 is 0 Å². The summed E-state index contributed by atoms with van der Waals surface area (Å²) in [5.41, 5.74) is 7.61. The van der Waals surface area contributed by atoms with Gasteiger partial charge in [0.1, 0.15) is 5.82 Å². The number of fused-ring (bicyclic) bond motifs is 1. The van der Waals surface area contributed by atoms with Crippen molar-refractivity contribution in [3.05, 3.63) is 54.4 Å². The number of benzene rings is 1. The molecule has 0 bridgehead atoms. The summed E-state index contributed by atoms with van der Waals surface area (Å²) < 4.78 is 27.8. The monoisotopic (exact) mass is 245 g/mol. The lowest BCUT2D eigenvalue weighted by atomic mass is 10.2. The molecule has 0 saturated carbocycles. The Bertz CT molecular complexity index is 734. The third-order valence-corrected chi connectivity index (χ3v) is 2.73. The van der Waals surface area contributed by atoms with Crippen LogP contribution in [0.5, 0.6) is 0 Å². The van der Waals surface area contributed by atoms with Gasteiger partial charge in [-0.15, -0.1) is 0 Å². The van der Waals surface area contributed by atoms with E-state index in [9.17, 15) is 8.78 Å². The minimum atomic E-state index is -0.895. The number of pyridine rings is 1. The van der Waals surface area contributed by atoms with E-state index < -0.39 is 11.6 Å². The van der Waals surface area contributed by atoms with Crippen molar-refractivity contribution in [2.75, 3.05) is 5.73 Å². The summed E-state index contributed by atoms with van der Waals surface area (Å²) in [6, 6.07) is 7.25. The zero-order valence-electron chi connectivity index (χ0n) is 9.27. The van der Waals surface area contributed by atoms with Crippen LogP contribution in [-0.2, 0) is 0 Å². The van der Waals surface area contributed by atoms with Crippen molar-refractivity contribution in [3.63, 3.8) is 0 Å². The van der Waals surface area contributed by atoms with Crippen LogP contribution in [-0.4, -0.2) is 9.38 Å². The molecule has 90 valence electrons. The molecule has 0 amide bonds. The molecule has 2 aromatic heterocycles. The maximum Gasteiger partial charge on any atom is 0.159 e. The number of halogens is 2. The van der Waals surface area contributed by atoms with E-state index in [2.05, 4.69) is 4.98 Å². The molecule has 2 heterocycles. The summed E-state index contributed by atoms with van der Waals surface area (Å²) in [4.78, 5) is 4.20. The van der Waals surface area contributed by atoms with Crippen LogP contribution < -0.4 is 5.73 Å². The van der Waals surface area contributed by atoms with Gasteiger partial charge in [-0.3, -0.25) is 4.40 Å². The SMILES string of the molecule is Nc1ccc2cnc(-c3ccc(F)c(F)c3)n2c1. The number of rotatable bonds is 1. The minimum absolute atomic E-state index is 0.500. The highest BCUT2D eigenvalue weighted by Gasteiger charge is 2.09. The summed E-state index contributed by atoms with van der Waals surface area (Å²) in [7, 11) is 0. The molecule has 1 aromatic carbocycles. The van der Waals surface area contributed by atoms with Gasteiger partial charge in [-0.25, -0.2) is 13.8 Å². The third kappa shape index (κ3) is 1.60. The first kappa shape index (κ1) is 10.7. The van der Waals surface area contributed by atoms with E-state index in [4.69, 9.17) is 5.73 Å². The number of anilines is 1. The molecule has 3 aromatic rings. The second-order valence-electron chi connectivity index (χ2n) is 3.97. The average Bonchev–Trinajstić information content (AvgIpc) is 2.75. The van der Waals surface area contributed by atoms with E-state index in [1.807, 2.05) is 6.07 Å². The summed E-state index contributed by atoms with van der Waals surface area (Å²) in [5.74, 6) is -1.25. The van der Waals surface area contributed by atoms with Gasteiger partial charge in [-0.2, -0.15) is 0 Å². The molecular formula is C13H9F2N3. The number of nitrogens with zero attached hydrogens (tertiary/aromatic N) is 2.